The third-order valence-corrected chi connectivity index (χ3v) is 5.35. The molecule has 34 heavy (non-hydrogen) atoms. The standard InChI is InChI=1S/C24H31N3O7/c1-5-33-23(28)20-18(15-27(11-13-30-2)14-16-8-7-12-34-16)25-24(29)26-21(20)17-9-6-10-19(31-3)22(17)32-4/h6-10,12,21H,5,11,13-15H2,1-4H3,(H2,25,26,29)/t21-/m0/s1. The normalized spacial score (nSPS) is 15.7. The van der Waals surface area contributed by atoms with Gasteiger partial charge in [-0.15, -0.1) is 0 Å². The molecule has 3 rings (SSSR count). The molecule has 2 aromatic rings. The second kappa shape index (κ2) is 12.1. The van der Waals surface area contributed by atoms with Gasteiger partial charge >= 0.3 is 12.0 Å². The fourth-order valence-electron chi connectivity index (χ4n) is 3.85. The smallest absolute Gasteiger partial charge is 0.338 e. The minimum Gasteiger partial charge on any atom is -0.493 e. The zero-order valence-electron chi connectivity index (χ0n) is 19.9. The van der Waals surface area contributed by atoms with Gasteiger partial charge in [-0.25, -0.2) is 9.59 Å². The summed E-state index contributed by atoms with van der Waals surface area (Å²) in [6.07, 6.45) is 1.60. The molecule has 2 amide bonds. The van der Waals surface area contributed by atoms with Crippen LogP contribution in [0.15, 0.2) is 52.3 Å². The second-order valence-corrected chi connectivity index (χ2v) is 7.51. The molecule has 0 bridgehead atoms. The average Bonchev–Trinajstić information content (AvgIpc) is 3.34. The molecule has 0 saturated carbocycles. The van der Waals surface area contributed by atoms with Gasteiger partial charge in [0, 0.05) is 31.5 Å². The number of methoxy groups -OCH3 is 3. The Morgan fingerprint density at radius 3 is 2.59 bits per heavy atom. The summed E-state index contributed by atoms with van der Waals surface area (Å²) in [6, 6.07) is 7.73. The highest BCUT2D eigenvalue weighted by Crippen LogP contribution is 2.39. The van der Waals surface area contributed by atoms with Gasteiger partial charge < -0.3 is 34.0 Å². The van der Waals surface area contributed by atoms with Gasteiger partial charge in [0.2, 0.25) is 0 Å². The van der Waals surface area contributed by atoms with Crippen molar-refractivity contribution in [2.75, 3.05) is 47.6 Å². The number of para-hydroxylation sites is 1. The van der Waals surface area contributed by atoms with Crippen LogP contribution in [0.1, 0.15) is 24.3 Å². The van der Waals surface area contributed by atoms with Gasteiger partial charge in [-0.3, -0.25) is 4.90 Å². The van der Waals surface area contributed by atoms with E-state index in [1.165, 1.54) is 14.2 Å². The maximum atomic E-state index is 13.2. The summed E-state index contributed by atoms with van der Waals surface area (Å²) in [5, 5.41) is 5.64. The Morgan fingerprint density at radius 1 is 1.12 bits per heavy atom. The van der Waals surface area contributed by atoms with Gasteiger partial charge in [0.15, 0.2) is 11.5 Å². The number of urea groups is 1. The molecule has 1 atom stereocenters. The predicted octanol–water partition coefficient (Wildman–Crippen LogP) is 2.62. The summed E-state index contributed by atoms with van der Waals surface area (Å²) in [7, 11) is 4.65. The van der Waals surface area contributed by atoms with E-state index in [0.717, 1.165) is 5.76 Å². The van der Waals surface area contributed by atoms with Crippen LogP contribution in [0, 0.1) is 0 Å². The van der Waals surface area contributed by atoms with Gasteiger partial charge in [-0.2, -0.15) is 0 Å². The van der Waals surface area contributed by atoms with Crippen molar-refractivity contribution in [2.45, 2.75) is 19.5 Å². The van der Waals surface area contributed by atoms with Crippen LogP contribution in [0.5, 0.6) is 11.5 Å². The molecule has 0 saturated heterocycles. The lowest BCUT2D eigenvalue weighted by molar-refractivity contribution is -0.139. The predicted molar refractivity (Wildman–Crippen MR) is 123 cm³/mol. The van der Waals surface area contributed by atoms with Crippen molar-refractivity contribution in [3.05, 3.63) is 59.2 Å². The van der Waals surface area contributed by atoms with Crippen LogP contribution < -0.4 is 20.1 Å². The zero-order valence-corrected chi connectivity index (χ0v) is 19.9. The fraction of sp³-hybridized carbons (Fsp3) is 0.417. The van der Waals surface area contributed by atoms with E-state index in [0.29, 0.717) is 42.5 Å². The van der Waals surface area contributed by atoms with Gasteiger partial charge in [-0.05, 0) is 25.1 Å². The van der Waals surface area contributed by atoms with E-state index in [1.54, 1.807) is 38.5 Å². The first-order valence-electron chi connectivity index (χ1n) is 10.9. The molecule has 2 N–H and O–H groups in total. The average molecular weight is 474 g/mol. The maximum Gasteiger partial charge on any atom is 0.338 e. The van der Waals surface area contributed by atoms with Gasteiger partial charge in [0.05, 0.1) is 51.9 Å². The minimum absolute atomic E-state index is 0.186. The number of nitrogens with one attached hydrogen (secondary N) is 2. The van der Waals surface area contributed by atoms with E-state index in [1.807, 2.05) is 17.0 Å². The van der Waals surface area contributed by atoms with Gasteiger partial charge in [0.25, 0.3) is 0 Å². The zero-order chi connectivity index (χ0) is 24.5. The number of carbonyl (C=O) groups is 2. The minimum atomic E-state index is -0.805. The van der Waals surface area contributed by atoms with Crippen LogP contribution in [0.25, 0.3) is 0 Å². The summed E-state index contributed by atoms with van der Waals surface area (Å²) in [5.74, 6) is 1.12. The number of hydrogen-bond donors (Lipinski definition) is 2. The van der Waals surface area contributed by atoms with Crippen LogP contribution in [0.2, 0.25) is 0 Å². The number of esters is 1. The SMILES string of the molecule is CCOC(=O)C1=C(CN(CCOC)Cc2ccco2)NC(=O)N[C@H]1c1cccc(OC)c1OC. The molecule has 1 aliphatic rings. The van der Waals surface area contributed by atoms with Crippen molar-refractivity contribution in [2.24, 2.45) is 0 Å². The summed E-state index contributed by atoms with van der Waals surface area (Å²) in [4.78, 5) is 27.9. The van der Waals surface area contributed by atoms with Crippen LogP contribution in [-0.2, 0) is 20.8 Å². The summed E-state index contributed by atoms with van der Waals surface area (Å²) >= 11 is 0. The molecule has 0 spiro atoms. The lowest BCUT2D eigenvalue weighted by atomic mass is 9.93. The van der Waals surface area contributed by atoms with E-state index < -0.39 is 18.0 Å². The summed E-state index contributed by atoms with van der Waals surface area (Å²) < 4.78 is 27.1. The van der Waals surface area contributed by atoms with Crippen molar-refractivity contribution < 1.29 is 33.0 Å². The summed E-state index contributed by atoms with van der Waals surface area (Å²) in [5.41, 5.74) is 1.29. The number of nitrogens with zero attached hydrogens (tertiary/aromatic N) is 1. The number of benzene rings is 1. The highest BCUT2D eigenvalue weighted by molar-refractivity contribution is 5.95. The van der Waals surface area contributed by atoms with E-state index in [9.17, 15) is 9.59 Å². The molecule has 10 heteroatoms. The third kappa shape index (κ3) is 5.89. The molecule has 0 fully saturated rings. The van der Waals surface area contributed by atoms with Crippen molar-refractivity contribution in [1.82, 2.24) is 15.5 Å². The van der Waals surface area contributed by atoms with Crippen molar-refractivity contribution >= 4 is 12.0 Å². The number of amides is 2. The maximum absolute atomic E-state index is 13.2. The Balaban J connectivity index is 2.06. The van der Waals surface area contributed by atoms with Crippen LogP contribution in [0.4, 0.5) is 4.79 Å². The first-order valence-corrected chi connectivity index (χ1v) is 10.9. The Hall–Kier alpha value is -3.50. The molecule has 0 unspecified atom stereocenters. The van der Waals surface area contributed by atoms with E-state index in [-0.39, 0.29) is 18.7 Å². The molecule has 0 radical (unpaired) electrons. The Kier molecular flexibility index (Phi) is 8.94. The number of furan rings is 1. The molecule has 0 aliphatic carbocycles. The van der Waals surface area contributed by atoms with E-state index in [2.05, 4.69) is 10.6 Å². The lowest BCUT2D eigenvalue weighted by Gasteiger charge is -2.32. The van der Waals surface area contributed by atoms with Crippen molar-refractivity contribution in [3.63, 3.8) is 0 Å². The molecular formula is C24H31N3O7. The van der Waals surface area contributed by atoms with Crippen molar-refractivity contribution in [1.29, 1.82) is 0 Å². The van der Waals surface area contributed by atoms with Crippen molar-refractivity contribution in [3.8, 4) is 11.5 Å². The first-order chi connectivity index (χ1) is 16.5. The molecule has 184 valence electrons. The van der Waals surface area contributed by atoms with E-state index in [4.69, 9.17) is 23.4 Å². The highest BCUT2D eigenvalue weighted by atomic mass is 16.5. The number of rotatable bonds is 12. The molecular weight excluding hydrogens is 442 g/mol. The van der Waals surface area contributed by atoms with Crippen LogP contribution in [0.3, 0.4) is 0 Å². The molecule has 1 aliphatic heterocycles. The van der Waals surface area contributed by atoms with Crippen LogP contribution >= 0.6 is 0 Å². The molecule has 1 aromatic carbocycles. The van der Waals surface area contributed by atoms with Gasteiger partial charge in [-0.1, -0.05) is 12.1 Å². The third-order valence-electron chi connectivity index (χ3n) is 5.35. The Bertz CT molecular complexity index is 1000. The number of ether oxygens (including phenoxy) is 4. The lowest BCUT2D eigenvalue weighted by Crippen LogP contribution is -2.48. The quantitative estimate of drug-likeness (QED) is 0.453. The number of carbonyl (C=O) groups excluding carboxylic acids is 2. The number of hydrogen-bond acceptors (Lipinski definition) is 8. The Labute approximate surface area is 198 Å². The summed E-state index contributed by atoms with van der Waals surface area (Å²) in [6.45, 7) is 3.65. The molecule has 1 aromatic heterocycles. The topological polar surface area (TPSA) is 112 Å². The first kappa shape index (κ1) is 25.1. The monoisotopic (exact) mass is 473 g/mol. The largest absolute Gasteiger partial charge is 0.493 e. The Morgan fingerprint density at radius 2 is 1.94 bits per heavy atom. The van der Waals surface area contributed by atoms with Crippen LogP contribution in [-0.4, -0.2) is 64.5 Å². The second-order valence-electron chi connectivity index (χ2n) is 7.51. The van der Waals surface area contributed by atoms with E-state index >= 15 is 0 Å². The highest BCUT2D eigenvalue weighted by Gasteiger charge is 2.36. The molecule has 10 nitrogen and oxygen atoms in total. The fourth-order valence-corrected chi connectivity index (χ4v) is 3.85. The van der Waals surface area contributed by atoms with Gasteiger partial charge in [0.1, 0.15) is 5.76 Å². The molecule has 2 heterocycles.